The Balaban J connectivity index is 1.92. The van der Waals surface area contributed by atoms with Crippen LogP contribution in [0.4, 0.5) is 19.0 Å². The normalized spacial score (nSPS) is 11.1. The molecule has 0 unspecified atom stereocenters. The van der Waals surface area contributed by atoms with Crippen LogP contribution in [0.5, 0.6) is 0 Å². The Morgan fingerprint density at radius 1 is 1.17 bits per heavy atom. The predicted molar refractivity (Wildman–Crippen MR) is 88.6 cm³/mol. The fourth-order valence-corrected chi connectivity index (χ4v) is 2.33. The molecule has 0 spiro atoms. The number of thiocarbonyl (C=S) groups is 1. The average molecular weight is 360 g/mol. The third kappa shape index (κ3) is 5.07. The van der Waals surface area contributed by atoms with Gasteiger partial charge in [-0.05, 0) is 42.4 Å². The van der Waals surface area contributed by atoms with Gasteiger partial charge in [0.2, 0.25) is 0 Å². The summed E-state index contributed by atoms with van der Waals surface area (Å²) in [5.41, 5.74) is 0.0635. The van der Waals surface area contributed by atoms with E-state index in [1.54, 1.807) is 6.07 Å². The molecular formula is C15H13ClF3N3S. The van der Waals surface area contributed by atoms with Crippen molar-refractivity contribution in [1.82, 2.24) is 10.3 Å². The summed E-state index contributed by atoms with van der Waals surface area (Å²) in [4.78, 5) is 3.69. The molecule has 122 valence electrons. The molecule has 1 heterocycles. The summed E-state index contributed by atoms with van der Waals surface area (Å²) in [6, 6.07) is 9.51. The number of benzene rings is 1. The highest BCUT2D eigenvalue weighted by Crippen LogP contribution is 2.33. The highest BCUT2D eigenvalue weighted by molar-refractivity contribution is 7.80. The number of rotatable bonds is 4. The number of anilines is 1. The number of hydrogen-bond acceptors (Lipinski definition) is 2. The number of nitrogens with one attached hydrogen (secondary N) is 2. The maximum atomic E-state index is 12.9. The van der Waals surface area contributed by atoms with E-state index in [0.29, 0.717) is 18.0 Å². The quantitative estimate of drug-likeness (QED) is 0.799. The highest BCUT2D eigenvalue weighted by Gasteiger charge is 2.34. The van der Waals surface area contributed by atoms with Gasteiger partial charge in [0.15, 0.2) is 5.11 Å². The third-order valence-corrected chi connectivity index (χ3v) is 3.60. The van der Waals surface area contributed by atoms with Gasteiger partial charge in [-0.25, -0.2) is 4.98 Å². The summed E-state index contributed by atoms with van der Waals surface area (Å²) in [6.07, 6.45) is -2.64. The van der Waals surface area contributed by atoms with Crippen LogP contribution >= 0.6 is 23.8 Å². The first kappa shape index (κ1) is 17.5. The van der Waals surface area contributed by atoms with Crippen LogP contribution in [-0.2, 0) is 12.6 Å². The SMILES string of the molecule is FC(F)(F)c1cccnc1NC(=S)NCCc1ccccc1Cl. The number of pyridine rings is 1. The molecule has 0 amide bonds. The van der Waals surface area contributed by atoms with Gasteiger partial charge in [0, 0.05) is 17.8 Å². The molecule has 0 radical (unpaired) electrons. The zero-order valence-corrected chi connectivity index (χ0v) is 13.4. The Morgan fingerprint density at radius 3 is 2.61 bits per heavy atom. The molecule has 2 rings (SSSR count). The van der Waals surface area contributed by atoms with Crippen LogP contribution in [0.3, 0.4) is 0 Å². The molecule has 23 heavy (non-hydrogen) atoms. The number of nitrogens with zero attached hydrogens (tertiary/aromatic N) is 1. The Hall–Kier alpha value is -1.86. The van der Waals surface area contributed by atoms with Crippen LogP contribution in [0.15, 0.2) is 42.6 Å². The smallest absolute Gasteiger partial charge is 0.362 e. The van der Waals surface area contributed by atoms with Crippen molar-refractivity contribution in [3.05, 3.63) is 58.7 Å². The Kier molecular flexibility index (Phi) is 5.79. The fraction of sp³-hybridized carbons (Fsp3) is 0.200. The van der Waals surface area contributed by atoms with Gasteiger partial charge in [0.05, 0.1) is 5.56 Å². The molecule has 0 aliphatic heterocycles. The lowest BCUT2D eigenvalue weighted by molar-refractivity contribution is -0.137. The zero-order valence-electron chi connectivity index (χ0n) is 11.8. The molecule has 0 saturated heterocycles. The van der Waals surface area contributed by atoms with E-state index >= 15 is 0 Å². The first-order valence-corrected chi connectivity index (χ1v) is 7.47. The van der Waals surface area contributed by atoms with E-state index in [1.165, 1.54) is 12.3 Å². The van der Waals surface area contributed by atoms with Crippen molar-refractivity contribution in [3.8, 4) is 0 Å². The van der Waals surface area contributed by atoms with Gasteiger partial charge in [-0.15, -0.1) is 0 Å². The molecule has 1 aromatic heterocycles. The zero-order chi connectivity index (χ0) is 16.9. The summed E-state index contributed by atoms with van der Waals surface area (Å²) >= 11 is 11.0. The minimum absolute atomic E-state index is 0.0706. The van der Waals surface area contributed by atoms with Crippen LogP contribution in [0.1, 0.15) is 11.1 Å². The van der Waals surface area contributed by atoms with Crippen molar-refractivity contribution in [2.24, 2.45) is 0 Å². The van der Waals surface area contributed by atoms with Gasteiger partial charge in [-0.3, -0.25) is 0 Å². The van der Waals surface area contributed by atoms with E-state index in [1.807, 2.05) is 18.2 Å². The first-order valence-electron chi connectivity index (χ1n) is 6.68. The van der Waals surface area contributed by atoms with Crippen LogP contribution in [0, 0.1) is 0 Å². The third-order valence-electron chi connectivity index (χ3n) is 2.98. The van der Waals surface area contributed by atoms with Crippen molar-refractivity contribution in [2.45, 2.75) is 12.6 Å². The maximum Gasteiger partial charge on any atom is 0.419 e. The number of aromatic nitrogens is 1. The average Bonchev–Trinajstić information content (AvgIpc) is 2.49. The van der Waals surface area contributed by atoms with E-state index in [-0.39, 0.29) is 10.9 Å². The summed E-state index contributed by atoms with van der Waals surface area (Å²) in [7, 11) is 0. The van der Waals surface area contributed by atoms with Gasteiger partial charge >= 0.3 is 6.18 Å². The monoisotopic (exact) mass is 359 g/mol. The Bertz CT molecular complexity index is 692. The number of hydrogen-bond donors (Lipinski definition) is 2. The lowest BCUT2D eigenvalue weighted by atomic mass is 10.1. The molecule has 0 bridgehead atoms. The fourth-order valence-electron chi connectivity index (χ4n) is 1.90. The minimum atomic E-state index is -4.50. The second kappa shape index (κ2) is 7.61. The molecular weight excluding hydrogens is 347 g/mol. The van der Waals surface area contributed by atoms with E-state index in [4.69, 9.17) is 23.8 Å². The molecule has 3 nitrogen and oxygen atoms in total. The van der Waals surface area contributed by atoms with E-state index in [9.17, 15) is 13.2 Å². The van der Waals surface area contributed by atoms with Crippen molar-refractivity contribution in [2.75, 3.05) is 11.9 Å². The largest absolute Gasteiger partial charge is 0.419 e. The summed E-state index contributed by atoms with van der Waals surface area (Å²) < 4.78 is 38.6. The Morgan fingerprint density at radius 2 is 1.91 bits per heavy atom. The summed E-state index contributed by atoms with van der Waals surface area (Å²) in [5.74, 6) is -0.324. The lowest BCUT2D eigenvalue weighted by Gasteiger charge is -2.14. The van der Waals surface area contributed by atoms with Gasteiger partial charge < -0.3 is 10.6 Å². The molecule has 2 N–H and O–H groups in total. The molecule has 0 fully saturated rings. The molecule has 8 heteroatoms. The second-order valence-corrected chi connectivity index (χ2v) is 5.44. The molecule has 2 aromatic rings. The maximum absolute atomic E-state index is 12.9. The van der Waals surface area contributed by atoms with Crippen molar-refractivity contribution >= 4 is 34.7 Å². The second-order valence-electron chi connectivity index (χ2n) is 4.62. The molecule has 1 aromatic carbocycles. The topological polar surface area (TPSA) is 37.0 Å². The standard InChI is InChI=1S/C15H13ClF3N3S/c16-12-6-2-1-4-10(12)7-9-21-14(23)22-13-11(15(17,18)19)5-3-8-20-13/h1-6,8H,7,9H2,(H2,20,21,22,23). The first-order chi connectivity index (χ1) is 10.9. The van der Waals surface area contributed by atoms with Crippen molar-refractivity contribution in [3.63, 3.8) is 0 Å². The predicted octanol–water partition coefficient (Wildman–Crippen LogP) is 4.28. The van der Waals surface area contributed by atoms with E-state index in [2.05, 4.69) is 15.6 Å². The van der Waals surface area contributed by atoms with Gasteiger partial charge in [-0.2, -0.15) is 13.2 Å². The number of alkyl halides is 3. The lowest BCUT2D eigenvalue weighted by Crippen LogP contribution is -2.31. The van der Waals surface area contributed by atoms with Gasteiger partial charge in [0.1, 0.15) is 5.82 Å². The Labute approximate surface area is 141 Å². The highest BCUT2D eigenvalue weighted by atomic mass is 35.5. The summed E-state index contributed by atoms with van der Waals surface area (Å²) in [5, 5.41) is 6.02. The minimum Gasteiger partial charge on any atom is -0.362 e. The van der Waals surface area contributed by atoms with Gasteiger partial charge in [-0.1, -0.05) is 29.8 Å². The van der Waals surface area contributed by atoms with Gasteiger partial charge in [0.25, 0.3) is 0 Å². The molecule has 0 atom stereocenters. The van der Waals surface area contributed by atoms with E-state index in [0.717, 1.165) is 11.6 Å². The molecule has 0 aliphatic rings. The van der Waals surface area contributed by atoms with E-state index < -0.39 is 11.7 Å². The summed E-state index contributed by atoms with van der Waals surface area (Å²) in [6.45, 7) is 0.434. The van der Waals surface area contributed by atoms with Crippen LogP contribution in [0.2, 0.25) is 5.02 Å². The van der Waals surface area contributed by atoms with Crippen LogP contribution < -0.4 is 10.6 Å². The van der Waals surface area contributed by atoms with Crippen molar-refractivity contribution in [1.29, 1.82) is 0 Å². The van der Waals surface area contributed by atoms with Crippen LogP contribution in [0.25, 0.3) is 0 Å². The van der Waals surface area contributed by atoms with Crippen molar-refractivity contribution < 1.29 is 13.2 Å². The number of halogens is 4. The van der Waals surface area contributed by atoms with Crippen LogP contribution in [-0.4, -0.2) is 16.6 Å². The molecule has 0 saturated carbocycles. The molecule has 0 aliphatic carbocycles.